The summed E-state index contributed by atoms with van der Waals surface area (Å²) in [5.74, 6) is -21.0. The minimum Gasteiger partial charge on any atom is -0.427 e. The summed E-state index contributed by atoms with van der Waals surface area (Å²) in [5.41, 5.74) is -3.54. The van der Waals surface area contributed by atoms with E-state index in [0.29, 0.717) is 6.92 Å². The van der Waals surface area contributed by atoms with Gasteiger partial charge in [-0.25, -0.2) is 0 Å². The van der Waals surface area contributed by atoms with Gasteiger partial charge in [-0.1, -0.05) is 12.1 Å². The number of carbonyl (C=O) groups is 1. The molecule has 0 heterocycles. The van der Waals surface area contributed by atoms with Crippen LogP contribution < -0.4 is 4.74 Å². The molecule has 12 heteroatoms. The van der Waals surface area contributed by atoms with E-state index in [1.54, 1.807) is 0 Å². The van der Waals surface area contributed by atoms with Gasteiger partial charge in [0.2, 0.25) is 0 Å². The number of hydrogen-bond donors (Lipinski definition) is 1. The number of ether oxygens (including phenoxy) is 1. The van der Waals surface area contributed by atoms with Crippen LogP contribution in [-0.2, 0) is 10.4 Å². The highest BCUT2D eigenvalue weighted by atomic mass is 19.4. The molecular formula is C15H13F9O3. The van der Waals surface area contributed by atoms with Gasteiger partial charge in [-0.2, -0.15) is 39.5 Å². The molecule has 1 aromatic carbocycles. The first-order valence-electron chi connectivity index (χ1n) is 7.07. The summed E-state index contributed by atoms with van der Waals surface area (Å²) in [6.45, 7) is 1.48. The molecule has 0 bridgehead atoms. The Labute approximate surface area is 146 Å². The second kappa shape index (κ2) is 6.88. The molecule has 0 aliphatic heterocycles. The minimum atomic E-state index is -7.04. The molecule has 1 rings (SSSR count). The smallest absolute Gasteiger partial charge is 0.427 e. The van der Waals surface area contributed by atoms with Gasteiger partial charge in [0.25, 0.3) is 0 Å². The standard InChI is InChI=1S/C15H13F9O3/c1-8(25)27-10-5-3-4-9(6-10)11(2,26)7-12(16,17)13(18,19)14(20,21)15(22,23)24/h3-6,26H,7H2,1-2H3. The first kappa shape index (κ1) is 23.1. The van der Waals surface area contributed by atoms with Crippen LogP contribution in [0.3, 0.4) is 0 Å². The molecule has 27 heavy (non-hydrogen) atoms. The first-order chi connectivity index (χ1) is 11.8. The number of carbonyl (C=O) groups excluding carboxylic acids is 1. The molecule has 0 aromatic heterocycles. The molecule has 1 aromatic rings. The van der Waals surface area contributed by atoms with Gasteiger partial charge < -0.3 is 9.84 Å². The molecule has 154 valence electrons. The van der Waals surface area contributed by atoms with Crippen molar-refractivity contribution in [2.24, 2.45) is 0 Å². The van der Waals surface area contributed by atoms with Gasteiger partial charge in [0.15, 0.2) is 0 Å². The molecule has 0 aliphatic carbocycles. The molecule has 0 saturated heterocycles. The third kappa shape index (κ3) is 4.47. The third-order valence-corrected chi connectivity index (χ3v) is 3.49. The Morgan fingerprint density at radius 1 is 1.00 bits per heavy atom. The number of benzene rings is 1. The van der Waals surface area contributed by atoms with Crippen LogP contribution in [0, 0.1) is 0 Å². The molecule has 0 saturated carbocycles. The highest BCUT2D eigenvalue weighted by molar-refractivity contribution is 5.69. The molecule has 0 amide bonds. The number of alkyl halides is 9. The summed E-state index contributed by atoms with van der Waals surface area (Å²) < 4.78 is 121. The van der Waals surface area contributed by atoms with Crippen LogP contribution in [0.4, 0.5) is 39.5 Å². The van der Waals surface area contributed by atoms with E-state index >= 15 is 0 Å². The van der Waals surface area contributed by atoms with Crippen molar-refractivity contribution in [2.45, 2.75) is 49.8 Å². The lowest BCUT2D eigenvalue weighted by Gasteiger charge is -2.37. The molecule has 1 unspecified atom stereocenters. The number of hydrogen-bond acceptors (Lipinski definition) is 3. The van der Waals surface area contributed by atoms with Crippen molar-refractivity contribution >= 4 is 5.97 Å². The van der Waals surface area contributed by atoms with E-state index in [2.05, 4.69) is 4.74 Å². The Hall–Kier alpha value is -1.98. The molecule has 0 aliphatic rings. The zero-order valence-corrected chi connectivity index (χ0v) is 13.7. The van der Waals surface area contributed by atoms with Gasteiger partial charge in [0.1, 0.15) is 5.75 Å². The highest BCUT2D eigenvalue weighted by Crippen LogP contribution is 2.55. The predicted octanol–water partition coefficient (Wildman–Crippen LogP) is 4.68. The Balaban J connectivity index is 3.25. The predicted molar refractivity (Wildman–Crippen MR) is 72.8 cm³/mol. The molecule has 0 radical (unpaired) electrons. The SMILES string of the molecule is CC(=O)Oc1cccc(C(C)(O)CC(F)(F)C(F)(F)C(F)(F)C(F)(F)F)c1. The van der Waals surface area contributed by atoms with Crippen LogP contribution in [-0.4, -0.2) is 35.0 Å². The minimum absolute atomic E-state index is 0.295. The van der Waals surface area contributed by atoms with Gasteiger partial charge in [-0.05, 0) is 24.6 Å². The van der Waals surface area contributed by atoms with Crippen molar-refractivity contribution in [1.29, 1.82) is 0 Å². The van der Waals surface area contributed by atoms with E-state index in [1.807, 2.05) is 0 Å². The maximum Gasteiger partial charge on any atom is 0.460 e. The third-order valence-electron chi connectivity index (χ3n) is 3.49. The second-order valence-corrected chi connectivity index (χ2v) is 5.92. The van der Waals surface area contributed by atoms with Crippen LogP contribution in [0.5, 0.6) is 5.75 Å². The van der Waals surface area contributed by atoms with Crippen LogP contribution in [0.1, 0.15) is 25.8 Å². The normalized spacial score (nSPS) is 16.0. The van der Waals surface area contributed by atoms with Gasteiger partial charge >= 0.3 is 29.9 Å². The van der Waals surface area contributed by atoms with E-state index in [4.69, 9.17) is 0 Å². The number of halogens is 9. The highest BCUT2D eigenvalue weighted by Gasteiger charge is 2.81. The fourth-order valence-corrected chi connectivity index (χ4v) is 2.11. The summed E-state index contributed by atoms with van der Waals surface area (Å²) in [4.78, 5) is 10.8. The molecule has 0 spiro atoms. The van der Waals surface area contributed by atoms with Crippen LogP contribution in [0.2, 0.25) is 0 Å². The van der Waals surface area contributed by atoms with Crippen molar-refractivity contribution in [1.82, 2.24) is 0 Å². The topological polar surface area (TPSA) is 46.5 Å². The first-order valence-corrected chi connectivity index (χ1v) is 7.07. The molecule has 1 atom stereocenters. The van der Waals surface area contributed by atoms with E-state index in [9.17, 15) is 49.4 Å². The monoisotopic (exact) mass is 412 g/mol. The Kier molecular flexibility index (Phi) is 5.87. The zero-order chi connectivity index (χ0) is 21.5. The van der Waals surface area contributed by atoms with Crippen molar-refractivity contribution in [3.8, 4) is 5.75 Å². The molecule has 0 fully saturated rings. The summed E-state index contributed by atoms with van der Waals surface area (Å²) in [5, 5.41) is 10.0. The summed E-state index contributed by atoms with van der Waals surface area (Å²) in [6, 6.07) is 3.87. The molecule has 1 N–H and O–H groups in total. The lowest BCUT2D eigenvalue weighted by Crippen LogP contribution is -2.62. The maximum absolute atomic E-state index is 13.7. The fourth-order valence-electron chi connectivity index (χ4n) is 2.11. The number of rotatable bonds is 6. The Bertz CT molecular complexity index is 696. The Morgan fingerprint density at radius 3 is 1.96 bits per heavy atom. The maximum atomic E-state index is 13.7. The van der Waals surface area contributed by atoms with E-state index in [-0.39, 0.29) is 5.75 Å². The van der Waals surface area contributed by atoms with Gasteiger partial charge in [0.05, 0.1) is 12.0 Å². The fraction of sp³-hybridized carbons (Fsp3) is 0.533. The Morgan fingerprint density at radius 2 is 1.52 bits per heavy atom. The van der Waals surface area contributed by atoms with Crippen molar-refractivity contribution in [3.63, 3.8) is 0 Å². The van der Waals surface area contributed by atoms with E-state index in [0.717, 1.165) is 31.2 Å². The lowest BCUT2D eigenvalue weighted by molar-refractivity contribution is -0.400. The largest absolute Gasteiger partial charge is 0.460 e. The van der Waals surface area contributed by atoms with E-state index < -0.39 is 47.5 Å². The van der Waals surface area contributed by atoms with Crippen LogP contribution >= 0.6 is 0 Å². The number of esters is 1. The average molecular weight is 412 g/mol. The van der Waals surface area contributed by atoms with Crippen molar-refractivity contribution in [2.75, 3.05) is 0 Å². The van der Waals surface area contributed by atoms with Gasteiger partial charge in [0, 0.05) is 6.92 Å². The molecular weight excluding hydrogens is 399 g/mol. The number of aliphatic hydroxyl groups is 1. The summed E-state index contributed by atoms with van der Waals surface area (Å²) >= 11 is 0. The van der Waals surface area contributed by atoms with Crippen molar-refractivity contribution < 1.29 is 54.2 Å². The van der Waals surface area contributed by atoms with Crippen molar-refractivity contribution in [3.05, 3.63) is 29.8 Å². The quantitative estimate of drug-likeness (QED) is 0.420. The molecule has 3 nitrogen and oxygen atoms in total. The second-order valence-electron chi connectivity index (χ2n) is 5.92. The van der Waals surface area contributed by atoms with Crippen LogP contribution in [0.15, 0.2) is 24.3 Å². The van der Waals surface area contributed by atoms with E-state index in [1.165, 1.54) is 0 Å². The average Bonchev–Trinajstić information content (AvgIpc) is 2.44. The summed E-state index contributed by atoms with van der Waals surface area (Å²) in [7, 11) is 0. The van der Waals surface area contributed by atoms with Crippen LogP contribution in [0.25, 0.3) is 0 Å². The van der Waals surface area contributed by atoms with Gasteiger partial charge in [-0.15, -0.1) is 0 Å². The zero-order valence-electron chi connectivity index (χ0n) is 13.7. The summed E-state index contributed by atoms with van der Waals surface area (Å²) in [6.07, 6.45) is -9.41. The van der Waals surface area contributed by atoms with Gasteiger partial charge in [-0.3, -0.25) is 4.79 Å². The lowest BCUT2D eigenvalue weighted by atomic mass is 9.86.